The van der Waals surface area contributed by atoms with Gasteiger partial charge in [-0.1, -0.05) is 0 Å². The topological polar surface area (TPSA) is 77.8 Å². The SMILES string of the molecule is CCOC(=O)c1cn(C2CC2)c2c(CSCC3CCCN3C(=O)OC(C)(C)C)c(F)c(F)cc2c1=O. The van der Waals surface area contributed by atoms with Crippen molar-refractivity contribution in [2.24, 2.45) is 0 Å². The number of amides is 1. The number of fused-ring (bicyclic) bond motifs is 1. The van der Waals surface area contributed by atoms with Gasteiger partial charge in [-0.25, -0.2) is 18.4 Å². The normalized spacial score (nSPS) is 18.1. The Morgan fingerprint density at radius 2 is 1.92 bits per heavy atom. The fourth-order valence-corrected chi connectivity index (χ4v) is 5.74. The van der Waals surface area contributed by atoms with Crippen LogP contribution in [0, 0.1) is 11.6 Å². The lowest BCUT2D eigenvalue weighted by Crippen LogP contribution is -2.40. The maximum atomic E-state index is 15.1. The van der Waals surface area contributed by atoms with Crippen LogP contribution in [0.4, 0.5) is 13.6 Å². The van der Waals surface area contributed by atoms with Gasteiger partial charge in [0.25, 0.3) is 0 Å². The average Bonchev–Trinajstić information content (AvgIpc) is 3.53. The van der Waals surface area contributed by atoms with Gasteiger partial charge in [-0.15, -0.1) is 0 Å². The van der Waals surface area contributed by atoms with Gasteiger partial charge in [-0.05, 0) is 59.4 Å². The number of benzene rings is 1. The second-order valence-electron chi connectivity index (χ2n) is 10.3. The zero-order valence-corrected chi connectivity index (χ0v) is 21.9. The maximum Gasteiger partial charge on any atom is 0.410 e. The molecule has 0 N–H and O–H groups in total. The molecule has 1 atom stereocenters. The van der Waals surface area contributed by atoms with Crippen LogP contribution in [0.2, 0.25) is 0 Å². The lowest BCUT2D eigenvalue weighted by atomic mass is 10.1. The molecule has 2 fully saturated rings. The first-order valence-electron chi connectivity index (χ1n) is 12.3. The van der Waals surface area contributed by atoms with Crippen LogP contribution < -0.4 is 5.43 Å². The third-order valence-electron chi connectivity index (χ3n) is 6.30. The molecule has 4 rings (SSSR count). The molecular weight excluding hydrogens is 490 g/mol. The first-order valence-corrected chi connectivity index (χ1v) is 13.5. The molecule has 0 bridgehead atoms. The molecule has 0 radical (unpaired) electrons. The average molecular weight is 523 g/mol. The van der Waals surface area contributed by atoms with Gasteiger partial charge in [0.1, 0.15) is 11.2 Å². The van der Waals surface area contributed by atoms with Gasteiger partial charge in [-0.2, -0.15) is 11.8 Å². The number of likely N-dealkylation sites (tertiary alicyclic amines) is 1. The second kappa shape index (κ2) is 10.4. The second-order valence-corrected chi connectivity index (χ2v) is 11.3. The Bertz CT molecular complexity index is 1240. The highest BCUT2D eigenvalue weighted by Crippen LogP contribution is 2.39. The summed E-state index contributed by atoms with van der Waals surface area (Å²) >= 11 is 1.38. The van der Waals surface area contributed by atoms with E-state index >= 15 is 4.39 Å². The summed E-state index contributed by atoms with van der Waals surface area (Å²) in [5.41, 5.74) is -1.04. The first-order chi connectivity index (χ1) is 17.0. The molecule has 2 aliphatic rings. The molecular formula is C26H32F2N2O5S. The zero-order valence-electron chi connectivity index (χ0n) is 21.1. The predicted molar refractivity (Wildman–Crippen MR) is 134 cm³/mol. The van der Waals surface area contributed by atoms with Crippen molar-refractivity contribution in [3.8, 4) is 0 Å². The van der Waals surface area contributed by atoms with Crippen LogP contribution in [0.25, 0.3) is 10.9 Å². The Balaban J connectivity index is 1.63. The Morgan fingerprint density at radius 1 is 1.19 bits per heavy atom. The third-order valence-corrected chi connectivity index (χ3v) is 7.41. The summed E-state index contributed by atoms with van der Waals surface area (Å²) in [6.07, 6.45) is 4.33. The number of nitrogens with zero attached hydrogens (tertiary/aromatic N) is 2. The van der Waals surface area contributed by atoms with E-state index in [-0.39, 0.29) is 47.0 Å². The van der Waals surface area contributed by atoms with Crippen molar-refractivity contribution in [1.29, 1.82) is 0 Å². The lowest BCUT2D eigenvalue weighted by molar-refractivity contribution is 0.0241. The predicted octanol–water partition coefficient (Wildman–Crippen LogP) is 5.42. The van der Waals surface area contributed by atoms with Gasteiger partial charge in [0.05, 0.1) is 12.1 Å². The Hall–Kier alpha value is -2.62. The third kappa shape index (κ3) is 5.53. The molecule has 7 nitrogen and oxygen atoms in total. The number of ether oxygens (including phenoxy) is 2. The number of hydrogen-bond donors (Lipinski definition) is 0. The molecule has 2 aromatic rings. The summed E-state index contributed by atoms with van der Waals surface area (Å²) in [6, 6.07) is 0.811. The molecule has 10 heteroatoms. The van der Waals surface area contributed by atoms with E-state index in [0.717, 1.165) is 31.7 Å². The molecule has 36 heavy (non-hydrogen) atoms. The van der Waals surface area contributed by atoms with E-state index in [1.807, 2.05) is 20.8 Å². The zero-order chi connectivity index (χ0) is 26.2. The van der Waals surface area contributed by atoms with Crippen molar-refractivity contribution in [1.82, 2.24) is 9.47 Å². The molecule has 1 aromatic carbocycles. The fourth-order valence-electron chi connectivity index (χ4n) is 4.54. The van der Waals surface area contributed by atoms with E-state index in [9.17, 15) is 18.8 Å². The molecule has 196 valence electrons. The fraction of sp³-hybridized carbons (Fsp3) is 0.577. The summed E-state index contributed by atoms with van der Waals surface area (Å²) in [6.45, 7) is 7.77. The number of thioether (sulfide) groups is 1. The molecule has 1 aliphatic carbocycles. The van der Waals surface area contributed by atoms with E-state index in [1.54, 1.807) is 16.4 Å². The van der Waals surface area contributed by atoms with Crippen molar-refractivity contribution in [3.05, 3.63) is 45.2 Å². The van der Waals surface area contributed by atoms with Crippen molar-refractivity contribution in [2.45, 2.75) is 76.8 Å². The monoisotopic (exact) mass is 522 g/mol. The summed E-state index contributed by atoms with van der Waals surface area (Å²) in [5.74, 6) is -2.27. The minimum Gasteiger partial charge on any atom is -0.462 e. The number of rotatable bonds is 7. The minimum atomic E-state index is -1.13. The van der Waals surface area contributed by atoms with Gasteiger partial charge in [-0.3, -0.25) is 4.79 Å². The molecule has 1 saturated heterocycles. The first kappa shape index (κ1) is 26.4. The highest BCUT2D eigenvalue weighted by Gasteiger charge is 2.33. The number of carbonyl (C=O) groups excluding carboxylic acids is 2. The molecule has 1 amide bonds. The number of esters is 1. The Morgan fingerprint density at radius 3 is 2.56 bits per heavy atom. The summed E-state index contributed by atoms with van der Waals surface area (Å²) < 4.78 is 42.0. The molecule has 1 saturated carbocycles. The van der Waals surface area contributed by atoms with Gasteiger partial charge < -0.3 is 18.9 Å². The summed E-state index contributed by atoms with van der Waals surface area (Å²) in [4.78, 5) is 39.8. The van der Waals surface area contributed by atoms with Crippen molar-refractivity contribution >= 4 is 34.7 Å². The Kier molecular flexibility index (Phi) is 7.64. The van der Waals surface area contributed by atoms with E-state index in [1.165, 1.54) is 18.0 Å². The van der Waals surface area contributed by atoms with Gasteiger partial charge >= 0.3 is 12.1 Å². The van der Waals surface area contributed by atoms with E-state index < -0.39 is 28.6 Å². The number of halogens is 2. The molecule has 2 heterocycles. The maximum absolute atomic E-state index is 15.1. The summed E-state index contributed by atoms with van der Waals surface area (Å²) in [7, 11) is 0. The smallest absolute Gasteiger partial charge is 0.410 e. The number of hydrogen-bond acceptors (Lipinski definition) is 6. The molecule has 1 unspecified atom stereocenters. The summed E-state index contributed by atoms with van der Waals surface area (Å²) in [5, 5.41) is -0.0294. The molecule has 1 aromatic heterocycles. The van der Waals surface area contributed by atoms with Crippen LogP contribution in [0.3, 0.4) is 0 Å². The van der Waals surface area contributed by atoms with Gasteiger partial charge in [0.2, 0.25) is 5.43 Å². The van der Waals surface area contributed by atoms with E-state index in [4.69, 9.17) is 9.47 Å². The van der Waals surface area contributed by atoms with E-state index in [0.29, 0.717) is 17.8 Å². The highest BCUT2D eigenvalue weighted by atomic mass is 32.2. The van der Waals surface area contributed by atoms with Crippen LogP contribution in [-0.2, 0) is 15.2 Å². The van der Waals surface area contributed by atoms with Crippen LogP contribution in [0.15, 0.2) is 17.1 Å². The Labute approximate surface area is 213 Å². The number of pyridine rings is 1. The number of aromatic nitrogens is 1. The van der Waals surface area contributed by atoms with Crippen molar-refractivity contribution < 1.29 is 27.8 Å². The lowest BCUT2D eigenvalue weighted by Gasteiger charge is -2.28. The van der Waals surface area contributed by atoms with Gasteiger partial charge in [0, 0.05) is 47.3 Å². The van der Waals surface area contributed by atoms with Crippen LogP contribution in [-0.4, -0.2) is 52.1 Å². The van der Waals surface area contributed by atoms with Crippen LogP contribution in [0.5, 0.6) is 0 Å². The van der Waals surface area contributed by atoms with Crippen LogP contribution >= 0.6 is 11.8 Å². The van der Waals surface area contributed by atoms with Crippen LogP contribution in [0.1, 0.15) is 75.3 Å². The number of carbonyl (C=O) groups is 2. The molecule has 1 aliphatic heterocycles. The highest BCUT2D eigenvalue weighted by molar-refractivity contribution is 7.98. The largest absolute Gasteiger partial charge is 0.462 e. The van der Waals surface area contributed by atoms with Crippen molar-refractivity contribution in [3.63, 3.8) is 0 Å². The molecule has 0 spiro atoms. The standard InChI is InChI=1S/C26H32F2N2O5S/c1-5-34-24(32)18-12-30(15-8-9-15)22-17(23(18)31)11-20(27)21(28)19(22)14-36-13-16-7-6-10-29(16)25(33)35-26(2,3)4/h11-12,15-16H,5-10,13-14H2,1-4H3. The van der Waals surface area contributed by atoms with E-state index in [2.05, 4.69) is 0 Å². The van der Waals surface area contributed by atoms with Gasteiger partial charge in [0.15, 0.2) is 11.6 Å². The quantitative estimate of drug-likeness (QED) is 0.452. The minimum absolute atomic E-state index is 0.00683. The van der Waals surface area contributed by atoms with Crippen molar-refractivity contribution in [2.75, 3.05) is 18.9 Å².